The Bertz CT molecular complexity index is 352. The molecule has 1 atom stereocenters. The van der Waals surface area contributed by atoms with E-state index in [0.717, 1.165) is 18.6 Å². The summed E-state index contributed by atoms with van der Waals surface area (Å²) in [7, 11) is 1.71. The van der Waals surface area contributed by atoms with Crippen molar-refractivity contribution in [2.75, 3.05) is 7.11 Å². The van der Waals surface area contributed by atoms with Gasteiger partial charge in [0.1, 0.15) is 5.75 Å². The molecule has 0 heterocycles. The number of rotatable bonds is 5. The van der Waals surface area contributed by atoms with Gasteiger partial charge in [-0.2, -0.15) is 0 Å². The van der Waals surface area contributed by atoms with Crippen LogP contribution in [0.15, 0.2) is 30.4 Å². The first-order chi connectivity index (χ1) is 7.69. The van der Waals surface area contributed by atoms with Gasteiger partial charge in [0, 0.05) is 0 Å². The summed E-state index contributed by atoms with van der Waals surface area (Å²) in [4.78, 5) is 0. The van der Waals surface area contributed by atoms with Gasteiger partial charge in [0.2, 0.25) is 0 Å². The summed E-state index contributed by atoms with van der Waals surface area (Å²) in [5.74, 6) is 1.52. The summed E-state index contributed by atoms with van der Waals surface area (Å²) < 4.78 is 5.21. The van der Waals surface area contributed by atoms with Crippen LogP contribution in [0, 0.1) is 6.92 Å². The molecule has 0 N–H and O–H groups in total. The van der Waals surface area contributed by atoms with E-state index < -0.39 is 0 Å². The fourth-order valence-electron chi connectivity index (χ4n) is 1.92. The van der Waals surface area contributed by atoms with Crippen LogP contribution in [0.25, 0.3) is 0 Å². The third-order valence-electron chi connectivity index (χ3n) is 2.90. The molecule has 0 fully saturated rings. The third-order valence-corrected chi connectivity index (χ3v) is 2.90. The van der Waals surface area contributed by atoms with Crippen LogP contribution >= 0.6 is 0 Å². The van der Waals surface area contributed by atoms with Crippen LogP contribution < -0.4 is 4.74 Å². The zero-order valence-electron chi connectivity index (χ0n) is 10.8. The van der Waals surface area contributed by atoms with Crippen molar-refractivity contribution in [3.05, 3.63) is 41.5 Å². The van der Waals surface area contributed by atoms with E-state index in [9.17, 15) is 0 Å². The minimum absolute atomic E-state index is 0.578. The number of benzene rings is 1. The topological polar surface area (TPSA) is 9.23 Å². The molecule has 1 aromatic rings. The minimum atomic E-state index is 0.578. The second-order valence-corrected chi connectivity index (χ2v) is 4.24. The Kier molecular flexibility index (Phi) is 5.10. The number of ether oxygens (including phenoxy) is 1. The molecule has 0 aromatic heterocycles. The normalized spacial score (nSPS) is 13.0. The average molecular weight is 218 g/mol. The summed E-state index contributed by atoms with van der Waals surface area (Å²) in [6.45, 7) is 6.59. The monoisotopic (exact) mass is 218 g/mol. The Balaban J connectivity index is 2.75. The fourth-order valence-corrected chi connectivity index (χ4v) is 1.92. The molecule has 1 nitrogen and oxygen atoms in total. The Morgan fingerprint density at radius 3 is 2.62 bits per heavy atom. The van der Waals surface area contributed by atoms with Crippen LogP contribution in [-0.4, -0.2) is 7.11 Å². The summed E-state index contributed by atoms with van der Waals surface area (Å²) in [5.41, 5.74) is 2.73. The molecule has 16 heavy (non-hydrogen) atoms. The van der Waals surface area contributed by atoms with Crippen molar-refractivity contribution in [3.8, 4) is 5.75 Å². The molecular weight excluding hydrogens is 196 g/mol. The molecule has 0 aliphatic heterocycles. The van der Waals surface area contributed by atoms with Crippen LogP contribution in [0.2, 0.25) is 0 Å². The molecule has 88 valence electrons. The molecule has 0 saturated heterocycles. The maximum absolute atomic E-state index is 5.21. The maximum atomic E-state index is 5.21. The van der Waals surface area contributed by atoms with Gasteiger partial charge in [-0.15, -0.1) is 0 Å². The Labute approximate surface area is 99.1 Å². The van der Waals surface area contributed by atoms with Gasteiger partial charge < -0.3 is 4.74 Å². The van der Waals surface area contributed by atoms with Crippen LogP contribution in [0.4, 0.5) is 0 Å². The van der Waals surface area contributed by atoms with Crippen molar-refractivity contribution in [2.24, 2.45) is 0 Å². The minimum Gasteiger partial charge on any atom is -0.497 e. The molecule has 1 heteroatoms. The molecule has 1 rings (SSSR count). The molecule has 0 saturated carbocycles. The van der Waals surface area contributed by atoms with E-state index >= 15 is 0 Å². The molecule has 0 radical (unpaired) electrons. The highest BCUT2D eigenvalue weighted by Crippen LogP contribution is 2.26. The predicted octanol–water partition coefficient (Wildman–Crippen LogP) is 4.46. The summed E-state index contributed by atoms with van der Waals surface area (Å²) >= 11 is 0. The molecule has 0 amide bonds. The number of hydrogen-bond donors (Lipinski definition) is 0. The largest absolute Gasteiger partial charge is 0.497 e. The second-order valence-electron chi connectivity index (χ2n) is 4.24. The van der Waals surface area contributed by atoms with Crippen molar-refractivity contribution >= 4 is 0 Å². The SMILES string of the molecule is CC/C=C\CC(C)c1ccc(OC)cc1C. The lowest BCUT2D eigenvalue weighted by Crippen LogP contribution is -1.96. The number of allylic oxidation sites excluding steroid dienone is 2. The maximum Gasteiger partial charge on any atom is 0.119 e. The van der Waals surface area contributed by atoms with Gasteiger partial charge in [-0.3, -0.25) is 0 Å². The highest BCUT2D eigenvalue weighted by atomic mass is 16.5. The quantitative estimate of drug-likeness (QED) is 0.663. The first-order valence-corrected chi connectivity index (χ1v) is 5.98. The number of methoxy groups -OCH3 is 1. The summed E-state index contributed by atoms with van der Waals surface area (Å²) in [6, 6.07) is 6.33. The van der Waals surface area contributed by atoms with E-state index in [1.807, 2.05) is 6.07 Å². The van der Waals surface area contributed by atoms with Crippen molar-refractivity contribution in [3.63, 3.8) is 0 Å². The number of aryl methyl sites for hydroxylation is 1. The van der Waals surface area contributed by atoms with Crippen molar-refractivity contribution < 1.29 is 4.74 Å². The second kappa shape index (κ2) is 6.37. The lowest BCUT2D eigenvalue weighted by atomic mass is 9.93. The lowest BCUT2D eigenvalue weighted by molar-refractivity contribution is 0.414. The first kappa shape index (κ1) is 12.8. The van der Waals surface area contributed by atoms with Gasteiger partial charge >= 0.3 is 0 Å². The molecular formula is C15H22O. The van der Waals surface area contributed by atoms with E-state index in [4.69, 9.17) is 4.74 Å². The molecule has 0 aliphatic carbocycles. The van der Waals surface area contributed by atoms with Gasteiger partial charge in [0.05, 0.1) is 7.11 Å². The van der Waals surface area contributed by atoms with Crippen LogP contribution in [0.1, 0.15) is 43.7 Å². The van der Waals surface area contributed by atoms with E-state index in [0.29, 0.717) is 5.92 Å². The highest BCUT2D eigenvalue weighted by Gasteiger charge is 2.07. The van der Waals surface area contributed by atoms with Gasteiger partial charge in [-0.25, -0.2) is 0 Å². The van der Waals surface area contributed by atoms with Gasteiger partial charge in [0.25, 0.3) is 0 Å². The first-order valence-electron chi connectivity index (χ1n) is 5.98. The molecule has 0 spiro atoms. The van der Waals surface area contributed by atoms with Crippen LogP contribution in [0.3, 0.4) is 0 Å². The fraction of sp³-hybridized carbons (Fsp3) is 0.467. The van der Waals surface area contributed by atoms with Crippen molar-refractivity contribution in [2.45, 2.75) is 39.5 Å². The Hall–Kier alpha value is -1.24. The molecule has 1 aromatic carbocycles. The van der Waals surface area contributed by atoms with E-state index in [-0.39, 0.29) is 0 Å². The van der Waals surface area contributed by atoms with Crippen molar-refractivity contribution in [1.29, 1.82) is 0 Å². The van der Waals surface area contributed by atoms with Gasteiger partial charge in [0.15, 0.2) is 0 Å². The Morgan fingerprint density at radius 1 is 1.31 bits per heavy atom. The standard InChI is InChI=1S/C15H22O/c1-5-6-7-8-12(2)15-10-9-14(16-4)11-13(15)3/h6-7,9-12H,5,8H2,1-4H3/b7-6-. The Morgan fingerprint density at radius 2 is 2.06 bits per heavy atom. The summed E-state index contributed by atoms with van der Waals surface area (Å²) in [5, 5.41) is 0. The van der Waals surface area contributed by atoms with E-state index in [2.05, 4.69) is 45.1 Å². The van der Waals surface area contributed by atoms with Gasteiger partial charge in [-0.05, 0) is 48.9 Å². The highest BCUT2D eigenvalue weighted by molar-refractivity contribution is 5.36. The van der Waals surface area contributed by atoms with Crippen LogP contribution in [0.5, 0.6) is 5.75 Å². The van der Waals surface area contributed by atoms with Gasteiger partial charge in [-0.1, -0.05) is 32.1 Å². The predicted molar refractivity (Wildman–Crippen MR) is 70.2 cm³/mol. The molecule has 0 aliphatic rings. The van der Waals surface area contributed by atoms with Crippen molar-refractivity contribution in [1.82, 2.24) is 0 Å². The zero-order valence-corrected chi connectivity index (χ0v) is 10.8. The van der Waals surface area contributed by atoms with E-state index in [1.54, 1.807) is 7.11 Å². The summed E-state index contributed by atoms with van der Waals surface area (Å²) in [6.07, 6.45) is 6.74. The lowest BCUT2D eigenvalue weighted by Gasteiger charge is -2.13. The van der Waals surface area contributed by atoms with Crippen LogP contribution in [-0.2, 0) is 0 Å². The van der Waals surface area contributed by atoms with E-state index in [1.165, 1.54) is 11.1 Å². The molecule has 1 unspecified atom stereocenters. The molecule has 0 bridgehead atoms. The third kappa shape index (κ3) is 3.41. The zero-order chi connectivity index (χ0) is 12.0. The average Bonchev–Trinajstić information content (AvgIpc) is 2.29. The number of hydrogen-bond acceptors (Lipinski definition) is 1. The smallest absolute Gasteiger partial charge is 0.119 e.